The number of ether oxygens (including phenoxy) is 1. The van der Waals surface area contributed by atoms with E-state index in [1.165, 1.54) is 11.3 Å². The molecule has 0 aliphatic carbocycles. The molecule has 0 bridgehead atoms. The molecule has 1 aromatic heterocycles. The zero-order chi connectivity index (χ0) is 18.7. The van der Waals surface area contributed by atoms with E-state index in [1.54, 1.807) is 11.0 Å². The van der Waals surface area contributed by atoms with Crippen LogP contribution in [0.5, 0.6) is 0 Å². The Kier molecular flexibility index (Phi) is 5.85. The number of rotatable bonds is 6. The molecular formula is C17H19ClN4O3S. The Balaban J connectivity index is 1.67. The summed E-state index contributed by atoms with van der Waals surface area (Å²) in [4.78, 5) is 25.8. The molecular weight excluding hydrogens is 376 g/mol. The number of nitrogens with one attached hydrogen (secondary N) is 1. The van der Waals surface area contributed by atoms with Gasteiger partial charge >= 0.3 is 0 Å². The minimum absolute atomic E-state index is 0.0186. The maximum Gasteiger partial charge on any atom is 0.252 e. The SMILES string of the molecule is CCOCC(=O)Nc1nnc(C2CC(=O)N(c3ccc(C)c(Cl)c3)C2)s1. The zero-order valence-electron chi connectivity index (χ0n) is 14.5. The fourth-order valence-electron chi connectivity index (χ4n) is 2.67. The van der Waals surface area contributed by atoms with E-state index in [9.17, 15) is 9.59 Å². The summed E-state index contributed by atoms with van der Waals surface area (Å²) in [5.74, 6) is -0.308. The summed E-state index contributed by atoms with van der Waals surface area (Å²) < 4.78 is 5.05. The molecule has 1 fully saturated rings. The molecule has 1 aromatic carbocycles. The van der Waals surface area contributed by atoms with Crippen LogP contribution in [0.15, 0.2) is 18.2 Å². The van der Waals surface area contributed by atoms with Crippen molar-refractivity contribution >= 4 is 45.6 Å². The van der Waals surface area contributed by atoms with Gasteiger partial charge in [0.05, 0.1) is 0 Å². The number of hydrogen-bond donors (Lipinski definition) is 1. The van der Waals surface area contributed by atoms with Gasteiger partial charge in [-0.1, -0.05) is 29.0 Å². The molecule has 138 valence electrons. The predicted octanol–water partition coefficient (Wildman–Crippen LogP) is 3.00. The van der Waals surface area contributed by atoms with Gasteiger partial charge < -0.3 is 9.64 Å². The van der Waals surface area contributed by atoms with Crippen LogP contribution >= 0.6 is 22.9 Å². The third-order valence-electron chi connectivity index (χ3n) is 4.07. The second-order valence-corrected chi connectivity index (χ2v) is 7.39. The van der Waals surface area contributed by atoms with Gasteiger partial charge in [-0.3, -0.25) is 14.9 Å². The fourth-order valence-corrected chi connectivity index (χ4v) is 3.70. The summed E-state index contributed by atoms with van der Waals surface area (Å²) in [5.41, 5.74) is 1.75. The van der Waals surface area contributed by atoms with Crippen molar-refractivity contribution in [2.24, 2.45) is 0 Å². The molecule has 0 saturated carbocycles. The van der Waals surface area contributed by atoms with Gasteiger partial charge in [-0.2, -0.15) is 0 Å². The molecule has 1 unspecified atom stereocenters. The van der Waals surface area contributed by atoms with Crippen LogP contribution in [0, 0.1) is 6.92 Å². The molecule has 9 heteroatoms. The molecule has 7 nitrogen and oxygen atoms in total. The van der Waals surface area contributed by atoms with E-state index in [0.717, 1.165) is 16.3 Å². The molecule has 3 rings (SSSR count). The monoisotopic (exact) mass is 394 g/mol. The second kappa shape index (κ2) is 8.11. The van der Waals surface area contributed by atoms with Crippen molar-refractivity contribution in [3.63, 3.8) is 0 Å². The summed E-state index contributed by atoms with van der Waals surface area (Å²) in [7, 11) is 0. The number of carbonyl (C=O) groups is 2. The first-order chi connectivity index (χ1) is 12.5. The van der Waals surface area contributed by atoms with E-state index in [-0.39, 0.29) is 24.3 Å². The number of carbonyl (C=O) groups excluding carboxylic acids is 2. The Morgan fingerprint density at radius 1 is 1.46 bits per heavy atom. The molecule has 1 aliphatic rings. The van der Waals surface area contributed by atoms with Crippen LogP contribution in [0.25, 0.3) is 0 Å². The van der Waals surface area contributed by atoms with E-state index in [4.69, 9.17) is 16.3 Å². The quantitative estimate of drug-likeness (QED) is 0.814. The van der Waals surface area contributed by atoms with Gasteiger partial charge in [0.1, 0.15) is 11.6 Å². The topological polar surface area (TPSA) is 84.4 Å². The van der Waals surface area contributed by atoms with Crippen molar-refractivity contribution in [2.75, 3.05) is 30.0 Å². The highest BCUT2D eigenvalue weighted by atomic mass is 35.5. The van der Waals surface area contributed by atoms with E-state index < -0.39 is 0 Å². The van der Waals surface area contributed by atoms with Gasteiger partial charge in [0.25, 0.3) is 5.91 Å². The van der Waals surface area contributed by atoms with E-state index in [2.05, 4.69) is 15.5 Å². The standard InChI is InChI=1S/C17H19ClN4O3S/c1-3-25-9-14(23)19-17-21-20-16(26-17)11-6-15(24)22(8-11)12-5-4-10(2)13(18)7-12/h4-5,7,11H,3,6,8-9H2,1-2H3,(H,19,21,23). The second-order valence-electron chi connectivity index (χ2n) is 5.97. The smallest absolute Gasteiger partial charge is 0.252 e. The Labute approximate surface area is 160 Å². The number of anilines is 2. The predicted molar refractivity (Wildman–Crippen MR) is 101 cm³/mol. The van der Waals surface area contributed by atoms with Crippen LogP contribution < -0.4 is 10.2 Å². The number of amides is 2. The lowest BCUT2D eigenvalue weighted by atomic mass is 10.1. The number of halogens is 1. The maximum atomic E-state index is 12.4. The van der Waals surface area contributed by atoms with Crippen LogP contribution in [0.2, 0.25) is 5.02 Å². The van der Waals surface area contributed by atoms with Gasteiger partial charge in [0.15, 0.2) is 0 Å². The summed E-state index contributed by atoms with van der Waals surface area (Å²) in [6.45, 7) is 4.70. The van der Waals surface area contributed by atoms with Crippen molar-refractivity contribution in [3.8, 4) is 0 Å². The van der Waals surface area contributed by atoms with Crippen molar-refractivity contribution in [2.45, 2.75) is 26.2 Å². The lowest BCUT2D eigenvalue weighted by molar-refractivity contribution is -0.120. The molecule has 0 radical (unpaired) electrons. The summed E-state index contributed by atoms with van der Waals surface area (Å²) in [6.07, 6.45) is 0.354. The average Bonchev–Trinajstić information content (AvgIpc) is 3.22. The van der Waals surface area contributed by atoms with Crippen molar-refractivity contribution < 1.29 is 14.3 Å². The Morgan fingerprint density at radius 2 is 2.27 bits per heavy atom. The van der Waals surface area contributed by atoms with Crippen molar-refractivity contribution in [3.05, 3.63) is 33.8 Å². The zero-order valence-corrected chi connectivity index (χ0v) is 16.1. The normalized spacial score (nSPS) is 17.0. The van der Waals surface area contributed by atoms with Crippen LogP contribution in [0.3, 0.4) is 0 Å². The first-order valence-corrected chi connectivity index (χ1v) is 9.45. The van der Waals surface area contributed by atoms with Crippen LogP contribution in [-0.2, 0) is 14.3 Å². The fraction of sp³-hybridized carbons (Fsp3) is 0.412. The highest BCUT2D eigenvalue weighted by molar-refractivity contribution is 7.15. The highest BCUT2D eigenvalue weighted by Gasteiger charge is 2.34. The van der Waals surface area contributed by atoms with Crippen molar-refractivity contribution in [1.82, 2.24) is 10.2 Å². The van der Waals surface area contributed by atoms with Gasteiger partial charge in [0.2, 0.25) is 11.0 Å². The molecule has 2 heterocycles. The lowest BCUT2D eigenvalue weighted by Gasteiger charge is -2.17. The van der Waals surface area contributed by atoms with Crippen LogP contribution in [0.1, 0.15) is 29.8 Å². The third kappa shape index (κ3) is 4.20. The summed E-state index contributed by atoms with van der Waals surface area (Å²) >= 11 is 7.45. The molecule has 0 spiro atoms. The molecule has 2 amide bonds. The summed E-state index contributed by atoms with van der Waals surface area (Å²) in [5, 5.41) is 12.5. The molecule has 1 N–H and O–H groups in total. The third-order valence-corrected chi connectivity index (χ3v) is 5.47. The number of aryl methyl sites for hydroxylation is 1. The van der Waals surface area contributed by atoms with E-state index in [0.29, 0.717) is 29.7 Å². The molecule has 2 aromatic rings. The summed E-state index contributed by atoms with van der Waals surface area (Å²) in [6, 6.07) is 5.59. The van der Waals surface area contributed by atoms with Crippen LogP contribution in [0.4, 0.5) is 10.8 Å². The van der Waals surface area contributed by atoms with E-state index >= 15 is 0 Å². The number of benzene rings is 1. The molecule has 1 aliphatic heterocycles. The molecule has 1 atom stereocenters. The van der Waals surface area contributed by atoms with Gasteiger partial charge in [-0.25, -0.2) is 0 Å². The van der Waals surface area contributed by atoms with Crippen LogP contribution in [-0.4, -0.2) is 41.8 Å². The largest absolute Gasteiger partial charge is 0.372 e. The first kappa shape index (κ1) is 18.8. The minimum Gasteiger partial charge on any atom is -0.372 e. The van der Waals surface area contributed by atoms with Gasteiger partial charge in [0, 0.05) is 36.2 Å². The molecule has 26 heavy (non-hydrogen) atoms. The Morgan fingerprint density at radius 3 is 3.00 bits per heavy atom. The minimum atomic E-state index is -0.270. The molecule has 1 saturated heterocycles. The van der Waals surface area contributed by atoms with E-state index in [1.807, 2.05) is 26.0 Å². The highest BCUT2D eigenvalue weighted by Crippen LogP contribution is 2.35. The Hall–Kier alpha value is -2.03. The number of nitrogens with zero attached hydrogens (tertiary/aromatic N) is 3. The first-order valence-electron chi connectivity index (χ1n) is 8.25. The van der Waals surface area contributed by atoms with Gasteiger partial charge in [-0.15, -0.1) is 10.2 Å². The Bertz CT molecular complexity index is 826. The van der Waals surface area contributed by atoms with Crippen molar-refractivity contribution in [1.29, 1.82) is 0 Å². The van der Waals surface area contributed by atoms with Gasteiger partial charge in [-0.05, 0) is 31.5 Å². The average molecular weight is 395 g/mol. The number of aromatic nitrogens is 2. The lowest BCUT2D eigenvalue weighted by Crippen LogP contribution is -2.24. The maximum absolute atomic E-state index is 12.4. The number of hydrogen-bond acceptors (Lipinski definition) is 6.